The Morgan fingerprint density at radius 2 is 2.33 bits per heavy atom. The minimum atomic E-state index is 0.198. The summed E-state index contributed by atoms with van der Waals surface area (Å²) in [5.41, 5.74) is 0.198. The summed E-state index contributed by atoms with van der Waals surface area (Å²) in [5.74, 6) is 0. The first-order valence-electron chi connectivity index (χ1n) is 4.82. The lowest BCUT2D eigenvalue weighted by molar-refractivity contribution is 0.157. The minimum Gasteiger partial charge on any atom is -0.385 e. The van der Waals surface area contributed by atoms with Crippen LogP contribution in [0.2, 0.25) is 0 Å². The van der Waals surface area contributed by atoms with Gasteiger partial charge >= 0.3 is 0 Å². The smallest absolute Gasteiger partial charge is 0.204 e. The Morgan fingerprint density at radius 3 is 2.87 bits per heavy atom. The molecule has 0 aliphatic rings. The van der Waals surface area contributed by atoms with E-state index in [0.717, 1.165) is 24.7 Å². The van der Waals surface area contributed by atoms with Gasteiger partial charge in [0.25, 0.3) is 0 Å². The van der Waals surface area contributed by atoms with Gasteiger partial charge in [-0.25, -0.2) is 0 Å². The fourth-order valence-corrected chi connectivity index (χ4v) is 1.87. The summed E-state index contributed by atoms with van der Waals surface area (Å²) in [5, 5.41) is 10.9. The molecular formula is C9H17N3OS2. The van der Waals surface area contributed by atoms with E-state index in [4.69, 9.17) is 17.0 Å². The molecule has 0 spiro atoms. The zero-order valence-electron chi connectivity index (χ0n) is 9.29. The molecule has 1 aromatic rings. The highest BCUT2D eigenvalue weighted by molar-refractivity contribution is 7.73. The third-order valence-electron chi connectivity index (χ3n) is 2.14. The van der Waals surface area contributed by atoms with Crippen LogP contribution in [0.1, 0.15) is 20.3 Å². The van der Waals surface area contributed by atoms with Crippen molar-refractivity contribution in [3.05, 3.63) is 3.95 Å². The monoisotopic (exact) mass is 247 g/mol. The second-order valence-electron chi connectivity index (χ2n) is 4.18. The van der Waals surface area contributed by atoms with Crippen LogP contribution < -0.4 is 5.32 Å². The van der Waals surface area contributed by atoms with Crippen molar-refractivity contribution in [2.24, 2.45) is 5.41 Å². The van der Waals surface area contributed by atoms with Crippen molar-refractivity contribution in [3.63, 3.8) is 0 Å². The molecule has 0 bridgehead atoms. The summed E-state index contributed by atoms with van der Waals surface area (Å²) >= 11 is 6.41. The second kappa shape index (κ2) is 5.58. The first-order chi connectivity index (χ1) is 7.03. The molecule has 86 valence electrons. The van der Waals surface area contributed by atoms with E-state index in [2.05, 4.69) is 29.4 Å². The van der Waals surface area contributed by atoms with Crippen LogP contribution in [-0.4, -0.2) is 30.5 Å². The third-order valence-corrected chi connectivity index (χ3v) is 3.19. The SMILES string of the molecule is COCCC(C)(C)CNc1n[nH]c(=S)s1. The molecule has 0 atom stereocenters. The molecule has 0 fully saturated rings. The number of H-pyrrole nitrogens is 1. The maximum atomic E-state index is 5.07. The number of methoxy groups -OCH3 is 1. The van der Waals surface area contributed by atoms with E-state index in [-0.39, 0.29) is 5.41 Å². The largest absolute Gasteiger partial charge is 0.385 e. The fourth-order valence-electron chi connectivity index (χ4n) is 1.09. The van der Waals surface area contributed by atoms with E-state index >= 15 is 0 Å². The molecule has 1 heterocycles. The van der Waals surface area contributed by atoms with Crippen molar-refractivity contribution >= 4 is 28.7 Å². The molecule has 0 unspecified atom stereocenters. The van der Waals surface area contributed by atoms with Gasteiger partial charge in [-0.2, -0.15) is 0 Å². The molecule has 0 amide bonds. The zero-order valence-corrected chi connectivity index (χ0v) is 10.9. The van der Waals surface area contributed by atoms with Gasteiger partial charge in [0, 0.05) is 20.3 Å². The predicted molar refractivity (Wildman–Crippen MR) is 66.1 cm³/mol. The Bertz CT molecular complexity index is 345. The van der Waals surface area contributed by atoms with Crippen LogP contribution in [0.4, 0.5) is 5.13 Å². The van der Waals surface area contributed by atoms with Crippen molar-refractivity contribution < 1.29 is 4.74 Å². The first kappa shape index (κ1) is 12.6. The number of nitrogens with one attached hydrogen (secondary N) is 2. The molecule has 6 heteroatoms. The molecule has 2 N–H and O–H groups in total. The van der Waals surface area contributed by atoms with Gasteiger partial charge in [0.05, 0.1) is 0 Å². The van der Waals surface area contributed by atoms with Crippen LogP contribution >= 0.6 is 23.6 Å². The maximum absolute atomic E-state index is 5.07. The van der Waals surface area contributed by atoms with Gasteiger partial charge < -0.3 is 10.1 Å². The highest BCUT2D eigenvalue weighted by Gasteiger charge is 2.17. The normalized spacial score (nSPS) is 11.7. The maximum Gasteiger partial charge on any atom is 0.204 e. The Labute approximate surface area is 99.1 Å². The summed E-state index contributed by atoms with van der Waals surface area (Å²) in [4.78, 5) is 0. The van der Waals surface area contributed by atoms with Crippen LogP contribution in [0.3, 0.4) is 0 Å². The van der Waals surface area contributed by atoms with Gasteiger partial charge in [-0.3, -0.25) is 5.10 Å². The van der Waals surface area contributed by atoms with Crippen LogP contribution in [0.15, 0.2) is 0 Å². The molecule has 1 aromatic heterocycles. The lowest BCUT2D eigenvalue weighted by Gasteiger charge is -2.24. The van der Waals surface area contributed by atoms with Gasteiger partial charge in [-0.1, -0.05) is 25.2 Å². The Kier molecular flexibility index (Phi) is 4.69. The summed E-state index contributed by atoms with van der Waals surface area (Å²) < 4.78 is 5.77. The van der Waals surface area contributed by atoms with Crippen LogP contribution in [0.25, 0.3) is 0 Å². The molecule has 15 heavy (non-hydrogen) atoms. The van der Waals surface area contributed by atoms with E-state index < -0.39 is 0 Å². The van der Waals surface area contributed by atoms with Gasteiger partial charge in [0.1, 0.15) is 0 Å². The average molecular weight is 247 g/mol. The molecular weight excluding hydrogens is 230 g/mol. The molecule has 0 aliphatic carbocycles. The standard InChI is InChI=1S/C9H17N3OS2/c1-9(2,4-5-13-3)6-10-7-11-12-8(14)15-7/h4-6H2,1-3H3,(H,10,11)(H,12,14). The highest BCUT2D eigenvalue weighted by atomic mass is 32.1. The lowest BCUT2D eigenvalue weighted by Crippen LogP contribution is -2.24. The number of ether oxygens (including phenoxy) is 1. The Balaban J connectivity index is 2.38. The van der Waals surface area contributed by atoms with E-state index in [1.165, 1.54) is 11.3 Å². The summed E-state index contributed by atoms with van der Waals surface area (Å²) in [7, 11) is 1.72. The summed E-state index contributed by atoms with van der Waals surface area (Å²) in [6, 6.07) is 0. The first-order valence-corrected chi connectivity index (χ1v) is 6.04. The molecule has 1 rings (SSSR count). The molecule has 0 aliphatic heterocycles. The Hall–Kier alpha value is -0.460. The van der Waals surface area contributed by atoms with E-state index in [9.17, 15) is 0 Å². The topological polar surface area (TPSA) is 49.9 Å². The predicted octanol–water partition coefficient (Wildman–Crippen LogP) is 2.68. The lowest BCUT2D eigenvalue weighted by atomic mass is 9.90. The molecule has 0 aromatic carbocycles. The number of rotatable bonds is 6. The van der Waals surface area contributed by atoms with Crippen LogP contribution in [-0.2, 0) is 4.74 Å². The summed E-state index contributed by atoms with van der Waals surface area (Å²) in [6.45, 7) is 6.05. The van der Waals surface area contributed by atoms with Crippen LogP contribution in [0.5, 0.6) is 0 Å². The molecule has 0 radical (unpaired) electrons. The molecule has 0 saturated heterocycles. The summed E-state index contributed by atoms with van der Waals surface area (Å²) in [6.07, 6.45) is 1.02. The number of aromatic amines is 1. The highest BCUT2D eigenvalue weighted by Crippen LogP contribution is 2.21. The number of hydrogen-bond donors (Lipinski definition) is 2. The third kappa shape index (κ3) is 4.72. The van der Waals surface area contributed by atoms with Crippen molar-refractivity contribution in [3.8, 4) is 0 Å². The number of nitrogens with zero attached hydrogens (tertiary/aromatic N) is 1. The van der Waals surface area contributed by atoms with Gasteiger partial charge in [-0.15, -0.1) is 5.10 Å². The number of hydrogen-bond acceptors (Lipinski definition) is 5. The van der Waals surface area contributed by atoms with Gasteiger partial charge in [-0.05, 0) is 24.1 Å². The van der Waals surface area contributed by atoms with Crippen molar-refractivity contribution in [2.75, 3.05) is 25.6 Å². The number of aromatic nitrogens is 2. The molecule has 4 nitrogen and oxygen atoms in total. The van der Waals surface area contributed by atoms with E-state index in [1.54, 1.807) is 7.11 Å². The van der Waals surface area contributed by atoms with Gasteiger partial charge in [0.15, 0.2) is 3.95 Å². The Morgan fingerprint density at radius 1 is 1.60 bits per heavy atom. The van der Waals surface area contributed by atoms with Crippen molar-refractivity contribution in [2.45, 2.75) is 20.3 Å². The van der Waals surface area contributed by atoms with E-state index in [0.29, 0.717) is 3.95 Å². The van der Waals surface area contributed by atoms with E-state index in [1.807, 2.05) is 0 Å². The average Bonchev–Trinajstić information content (AvgIpc) is 2.59. The van der Waals surface area contributed by atoms with Crippen molar-refractivity contribution in [1.29, 1.82) is 0 Å². The van der Waals surface area contributed by atoms with Crippen LogP contribution in [0, 0.1) is 9.37 Å². The molecule has 0 saturated carbocycles. The number of anilines is 1. The van der Waals surface area contributed by atoms with Crippen molar-refractivity contribution in [1.82, 2.24) is 10.2 Å². The second-order valence-corrected chi connectivity index (χ2v) is 5.84. The zero-order chi connectivity index (χ0) is 11.3. The van der Waals surface area contributed by atoms with Gasteiger partial charge in [0.2, 0.25) is 5.13 Å². The fraction of sp³-hybridized carbons (Fsp3) is 0.778. The quantitative estimate of drug-likeness (QED) is 0.759. The minimum absolute atomic E-state index is 0.198.